The van der Waals surface area contributed by atoms with Gasteiger partial charge in [-0.3, -0.25) is 5.32 Å². The lowest BCUT2D eigenvalue weighted by Gasteiger charge is -2.03. The van der Waals surface area contributed by atoms with E-state index >= 15 is 0 Å². The van der Waals surface area contributed by atoms with Crippen LogP contribution in [0.4, 0.5) is 5.69 Å². The minimum atomic E-state index is -3.16. The number of benzene rings is 1. The summed E-state index contributed by atoms with van der Waals surface area (Å²) >= 11 is 0. The highest BCUT2D eigenvalue weighted by atomic mass is 32.2. The van der Waals surface area contributed by atoms with Crippen molar-refractivity contribution in [2.24, 2.45) is 0 Å². The Morgan fingerprint density at radius 2 is 2.00 bits per heavy atom. The zero-order valence-corrected chi connectivity index (χ0v) is 9.90. The Morgan fingerprint density at radius 1 is 1.38 bits per heavy atom. The Balaban J connectivity index is 2.46. The molecule has 4 nitrogen and oxygen atoms in total. The van der Waals surface area contributed by atoms with Crippen molar-refractivity contribution < 1.29 is 13.2 Å². The summed E-state index contributed by atoms with van der Waals surface area (Å²) in [7, 11) is -1.57. The van der Waals surface area contributed by atoms with Gasteiger partial charge in [-0.05, 0) is 24.3 Å². The second-order valence-corrected chi connectivity index (χ2v) is 5.18. The van der Waals surface area contributed by atoms with Crippen molar-refractivity contribution >= 4 is 15.5 Å². The normalized spacial score (nSPS) is 10.8. The Bertz CT molecular complexity index is 437. The number of sulfone groups is 1. The van der Waals surface area contributed by atoms with E-state index in [2.05, 4.69) is 11.9 Å². The third-order valence-electron chi connectivity index (χ3n) is 2.00. The monoisotopic (exact) mass is 240 g/mol. The average molecular weight is 240 g/mol. The number of hydrogen-bond acceptors (Lipinski definition) is 3. The number of rotatable bonds is 6. The molecule has 0 bridgehead atoms. The van der Waals surface area contributed by atoms with Crippen molar-refractivity contribution in [2.45, 2.75) is 0 Å². The molecule has 0 aliphatic rings. The molecule has 1 radical (unpaired) electrons. The summed E-state index contributed by atoms with van der Waals surface area (Å²) in [6, 6.07) is 7.11. The van der Waals surface area contributed by atoms with Gasteiger partial charge in [0.25, 0.3) is 0 Å². The second-order valence-electron chi connectivity index (χ2n) is 3.11. The molecule has 0 heterocycles. The molecule has 0 fully saturated rings. The van der Waals surface area contributed by atoms with E-state index in [1.54, 1.807) is 31.4 Å². The zero-order chi connectivity index (χ0) is 12.0. The highest BCUT2D eigenvalue weighted by molar-refractivity contribution is 7.94. The van der Waals surface area contributed by atoms with Crippen LogP contribution in [0, 0.1) is 0 Å². The highest BCUT2D eigenvalue weighted by Gasteiger charge is 2.04. The van der Waals surface area contributed by atoms with E-state index in [1.807, 2.05) is 0 Å². The van der Waals surface area contributed by atoms with Crippen LogP contribution in [0.5, 0.6) is 5.75 Å². The molecule has 0 saturated carbocycles. The topological polar surface area (TPSA) is 57.5 Å². The molecule has 0 aliphatic carbocycles. The Labute approximate surface area is 95.9 Å². The number of ether oxygens (including phenoxy) is 1. The maximum atomic E-state index is 11.1. The first-order chi connectivity index (χ1) is 7.57. The summed E-state index contributed by atoms with van der Waals surface area (Å²) in [6.45, 7) is 3.47. The van der Waals surface area contributed by atoms with Crippen LogP contribution in [0.2, 0.25) is 0 Å². The second kappa shape index (κ2) is 5.55. The Hall–Kier alpha value is -1.49. The number of methoxy groups -OCH3 is 1. The fourth-order valence-electron chi connectivity index (χ4n) is 1.07. The molecule has 0 N–H and O–H groups in total. The van der Waals surface area contributed by atoms with Crippen LogP contribution in [0.15, 0.2) is 36.3 Å². The van der Waals surface area contributed by atoms with Crippen molar-refractivity contribution in [1.29, 1.82) is 0 Å². The third-order valence-corrected chi connectivity index (χ3v) is 3.26. The highest BCUT2D eigenvalue weighted by Crippen LogP contribution is 2.14. The molecule has 0 saturated heterocycles. The summed E-state index contributed by atoms with van der Waals surface area (Å²) in [6.07, 6.45) is 0. The summed E-state index contributed by atoms with van der Waals surface area (Å²) in [4.78, 5) is 0. The smallest absolute Gasteiger partial charge is 0.172 e. The summed E-state index contributed by atoms with van der Waals surface area (Å²) in [5.74, 6) is 0.736. The van der Waals surface area contributed by atoms with Gasteiger partial charge in [-0.2, -0.15) is 0 Å². The third kappa shape index (κ3) is 3.94. The van der Waals surface area contributed by atoms with Crippen LogP contribution in [-0.2, 0) is 9.84 Å². The van der Waals surface area contributed by atoms with Crippen LogP contribution in [-0.4, -0.2) is 27.8 Å². The molecule has 0 aliphatic heterocycles. The van der Waals surface area contributed by atoms with Crippen LogP contribution in [0.3, 0.4) is 0 Å². The minimum Gasteiger partial charge on any atom is -0.497 e. The standard InChI is InChI=1S/C11H14NO3S/c1-3-16(13,14)9-8-12-10-4-6-11(15-2)7-5-10/h3-7H,1,8-9H2,2H3. The first kappa shape index (κ1) is 12.6. The fourth-order valence-corrected chi connectivity index (χ4v) is 1.59. The summed E-state index contributed by atoms with van der Waals surface area (Å²) in [5.41, 5.74) is 0.736. The zero-order valence-electron chi connectivity index (χ0n) is 9.09. The number of hydrogen-bond donors (Lipinski definition) is 0. The maximum Gasteiger partial charge on any atom is 0.172 e. The molecule has 1 aromatic rings. The van der Waals surface area contributed by atoms with Gasteiger partial charge in [0.2, 0.25) is 0 Å². The van der Waals surface area contributed by atoms with Gasteiger partial charge in [0.05, 0.1) is 25.1 Å². The van der Waals surface area contributed by atoms with Gasteiger partial charge in [-0.25, -0.2) is 8.42 Å². The molecule has 87 valence electrons. The van der Waals surface area contributed by atoms with E-state index in [-0.39, 0.29) is 12.3 Å². The maximum absolute atomic E-state index is 11.1. The van der Waals surface area contributed by atoms with Crippen molar-refractivity contribution in [3.05, 3.63) is 36.3 Å². The minimum absolute atomic E-state index is 0.0114. The van der Waals surface area contributed by atoms with E-state index in [4.69, 9.17) is 4.74 Å². The van der Waals surface area contributed by atoms with Crippen LogP contribution in [0.1, 0.15) is 0 Å². The lowest BCUT2D eigenvalue weighted by atomic mass is 10.3. The lowest BCUT2D eigenvalue weighted by Crippen LogP contribution is -2.12. The van der Waals surface area contributed by atoms with Gasteiger partial charge in [-0.1, -0.05) is 6.58 Å². The van der Waals surface area contributed by atoms with Crippen LogP contribution in [0.25, 0.3) is 0 Å². The van der Waals surface area contributed by atoms with Crippen molar-refractivity contribution in [3.63, 3.8) is 0 Å². The molecule has 0 atom stereocenters. The molecule has 16 heavy (non-hydrogen) atoms. The average Bonchev–Trinajstić information content (AvgIpc) is 2.30. The van der Waals surface area contributed by atoms with Gasteiger partial charge in [0.15, 0.2) is 9.84 Å². The molecule has 0 aromatic heterocycles. The van der Waals surface area contributed by atoms with E-state index in [0.717, 1.165) is 16.8 Å². The largest absolute Gasteiger partial charge is 0.497 e. The predicted octanol–water partition coefficient (Wildman–Crippen LogP) is 1.49. The van der Waals surface area contributed by atoms with E-state index in [9.17, 15) is 8.42 Å². The van der Waals surface area contributed by atoms with Gasteiger partial charge in [0.1, 0.15) is 5.75 Å². The van der Waals surface area contributed by atoms with E-state index in [0.29, 0.717) is 0 Å². The molecular formula is C11H14NO3S. The molecule has 5 heteroatoms. The summed E-state index contributed by atoms with van der Waals surface area (Å²) < 4.78 is 27.2. The number of nitrogens with zero attached hydrogens (tertiary/aromatic N) is 1. The van der Waals surface area contributed by atoms with Gasteiger partial charge < -0.3 is 4.74 Å². The molecular weight excluding hydrogens is 226 g/mol. The first-order valence-corrected chi connectivity index (χ1v) is 6.45. The van der Waals surface area contributed by atoms with E-state index < -0.39 is 9.84 Å². The predicted molar refractivity (Wildman–Crippen MR) is 63.6 cm³/mol. The summed E-state index contributed by atoms with van der Waals surface area (Å²) in [5, 5.41) is 5.09. The fraction of sp³-hybridized carbons (Fsp3) is 0.273. The molecule has 1 rings (SSSR count). The van der Waals surface area contributed by atoms with E-state index in [1.165, 1.54) is 0 Å². The quantitative estimate of drug-likeness (QED) is 0.757. The van der Waals surface area contributed by atoms with Crippen molar-refractivity contribution in [3.8, 4) is 5.75 Å². The molecule has 0 spiro atoms. The van der Waals surface area contributed by atoms with Gasteiger partial charge in [0, 0.05) is 5.41 Å². The molecule has 0 unspecified atom stereocenters. The lowest BCUT2D eigenvalue weighted by molar-refractivity contribution is 0.415. The SMILES string of the molecule is C=CS(=O)(=O)CC[N]c1ccc(OC)cc1. The van der Waals surface area contributed by atoms with Crippen molar-refractivity contribution in [2.75, 3.05) is 19.4 Å². The van der Waals surface area contributed by atoms with Gasteiger partial charge in [-0.15, -0.1) is 0 Å². The van der Waals surface area contributed by atoms with Crippen molar-refractivity contribution in [1.82, 2.24) is 5.32 Å². The molecule has 0 amide bonds. The Kier molecular flexibility index (Phi) is 4.37. The van der Waals surface area contributed by atoms with Gasteiger partial charge >= 0.3 is 0 Å². The molecule has 1 aromatic carbocycles. The Morgan fingerprint density at radius 3 is 2.50 bits per heavy atom. The first-order valence-electron chi connectivity index (χ1n) is 4.74. The van der Waals surface area contributed by atoms with Crippen LogP contribution >= 0.6 is 0 Å². The van der Waals surface area contributed by atoms with Crippen LogP contribution < -0.4 is 10.1 Å².